The van der Waals surface area contributed by atoms with E-state index in [-0.39, 0.29) is 11.4 Å². The number of carbonyl (C=O) groups excluding carboxylic acids is 1. The number of amides is 1. The molecule has 0 heterocycles. The van der Waals surface area contributed by atoms with Crippen molar-refractivity contribution in [3.63, 3.8) is 0 Å². The Morgan fingerprint density at radius 1 is 1.24 bits per heavy atom. The van der Waals surface area contributed by atoms with E-state index in [0.29, 0.717) is 13.0 Å². The van der Waals surface area contributed by atoms with Gasteiger partial charge < -0.3 is 11.1 Å². The van der Waals surface area contributed by atoms with E-state index in [0.717, 1.165) is 32.0 Å². The van der Waals surface area contributed by atoms with E-state index in [1.54, 1.807) is 0 Å². The lowest BCUT2D eigenvalue weighted by Gasteiger charge is -2.47. The lowest BCUT2D eigenvalue weighted by molar-refractivity contribution is -0.121. The van der Waals surface area contributed by atoms with Crippen molar-refractivity contribution < 1.29 is 4.79 Å². The standard InChI is InChI=1S/C17H35N3O/c1-4-12-20(13-9-16(21)19-6-3)17(14-18)10-7-15(5-2)8-11-17/h15H,4-14,18H2,1-3H3,(H,19,21). The van der Waals surface area contributed by atoms with Gasteiger partial charge in [0.25, 0.3) is 0 Å². The maximum Gasteiger partial charge on any atom is 0.221 e. The molecule has 0 bridgehead atoms. The molecule has 1 aliphatic carbocycles. The van der Waals surface area contributed by atoms with Gasteiger partial charge in [0.2, 0.25) is 5.91 Å². The fraction of sp³-hybridized carbons (Fsp3) is 0.941. The first-order valence-corrected chi connectivity index (χ1v) is 8.83. The number of nitrogens with zero attached hydrogens (tertiary/aromatic N) is 1. The molecule has 0 aromatic carbocycles. The van der Waals surface area contributed by atoms with Gasteiger partial charge in [0.05, 0.1) is 0 Å². The van der Waals surface area contributed by atoms with Crippen LogP contribution in [0.4, 0.5) is 0 Å². The molecule has 0 saturated heterocycles. The molecular formula is C17H35N3O. The van der Waals surface area contributed by atoms with Gasteiger partial charge in [-0.3, -0.25) is 9.69 Å². The van der Waals surface area contributed by atoms with Crippen LogP contribution in [-0.2, 0) is 4.79 Å². The molecule has 0 atom stereocenters. The predicted molar refractivity (Wildman–Crippen MR) is 89.2 cm³/mol. The molecule has 0 radical (unpaired) electrons. The fourth-order valence-corrected chi connectivity index (χ4v) is 3.65. The normalized spacial score (nSPS) is 26.0. The number of carbonyl (C=O) groups is 1. The van der Waals surface area contributed by atoms with Crippen LogP contribution in [0.2, 0.25) is 0 Å². The highest BCUT2D eigenvalue weighted by atomic mass is 16.1. The maximum absolute atomic E-state index is 11.8. The quantitative estimate of drug-likeness (QED) is 0.687. The van der Waals surface area contributed by atoms with E-state index in [1.807, 2.05) is 6.92 Å². The zero-order valence-electron chi connectivity index (χ0n) is 14.3. The van der Waals surface area contributed by atoms with Gasteiger partial charge in [-0.25, -0.2) is 0 Å². The van der Waals surface area contributed by atoms with Crippen LogP contribution in [0, 0.1) is 5.92 Å². The summed E-state index contributed by atoms with van der Waals surface area (Å²) in [6, 6.07) is 0. The maximum atomic E-state index is 11.8. The van der Waals surface area contributed by atoms with Crippen LogP contribution in [-0.4, -0.2) is 42.5 Å². The SMILES string of the molecule is CCCN(CCC(=O)NCC)C1(CN)CCC(CC)CC1. The highest BCUT2D eigenvalue weighted by Crippen LogP contribution is 2.37. The van der Waals surface area contributed by atoms with Crippen molar-refractivity contribution in [2.45, 2.75) is 71.3 Å². The lowest BCUT2D eigenvalue weighted by atomic mass is 9.74. The third-order valence-electron chi connectivity index (χ3n) is 5.14. The van der Waals surface area contributed by atoms with E-state index < -0.39 is 0 Å². The van der Waals surface area contributed by atoms with Crippen LogP contribution in [0.15, 0.2) is 0 Å². The first-order valence-electron chi connectivity index (χ1n) is 8.83. The molecule has 21 heavy (non-hydrogen) atoms. The molecule has 4 nitrogen and oxygen atoms in total. The van der Waals surface area contributed by atoms with Crippen LogP contribution >= 0.6 is 0 Å². The summed E-state index contributed by atoms with van der Waals surface area (Å²) >= 11 is 0. The monoisotopic (exact) mass is 297 g/mol. The molecule has 4 heteroatoms. The van der Waals surface area contributed by atoms with Crippen molar-refractivity contribution >= 4 is 5.91 Å². The van der Waals surface area contributed by atoms with Crippen LogP contribution < -0.4 is 11.1 Å². The molecule has 0 spiro atoms. The zero-order chi connectivity index (χ0) is 15.7. The Bertz CT molecular complexity index is 298. The average Bonchev–Trinajstić information content (AvgIpc) is 2.51. The van der Waals surface area contributed by atoms with Crippen molar-refractivity contribution in [1.29, 1.82) is 0 Å². The topological polar surface area (TPSA) is 58.4 Å². The third kappa shape index (κ3) is 5.26. The Morgan fingerprint density at radius 3 is 2.38 bits per heavy atom. The van der Waals surface area contributed by atoms with E-state index in [1.165, 1.54) is 32.1 Å². The van der Waals surface area contributed by atoms with Gasteiger partial charge in [-0.2, -0.15) is 0 Å². The Labute approximate surface area is 130 Å². The van der Waals surface area contributed by atoms with Gasteiger partial charge >= 0.3 is 0 Å². The van der Waals surface area contributed by atoms with E-state index in [9.17, 15) is 4.79 Å². The summed E-state index contributed by atoms with van der Waals surface area (Å²) < 4.78 is 0. The van der Waals surface area contributed by atoms with E-state index in [2.05, 4.69) is 24.1 Å². The zero-order valence-corrected chi connectivity index (χ0v) is 14.3. The van der Waals surface area contributed by atoms with Gasteiger partial charge in [-0.15, -0.1) is 0 Å². The second kappa shape index (κ2) is 9.42. The number of nitrogens with two attached hydrogens (primary N) is 1. The highest BCUT2D eigenvalue weighted by Gasteiger charge is 2.38. The minimum atomic E-state index is 0.133. The Balaban J connectivity index is 2.64. The average molecular weight is 297 g/mol. The van der Waals surface area contributed by atoms with Crippen molar-refractivity contribution in [3.05, 3.63) is 0 Å². The smallest absolute Gasteiger partial charge is 0.221 e. The van der Waals surface area contributed by atoms with Crippen LogP contribution in [0.5, 0.6) is 0 Å². The van der Waals surface area contributed by atoms with Gasteiger partial charge in [0.1, 0.15) is 0 Å². The van der Waals surface area contributed by atoms with Crippen molar-refractivity contribution in [2.24, 2.45) is 11.7 Å². The molecular weight excluding hydrogens is 262 g/mol. The predicted octanol–water partition coefficient (Wildman–Crippen LogP) is 2.52. The van der Waals surface area contributed by atoms with Gasteiger partial charge in [0.15, 0.2) is 0 Å². The first kappa shape index (κ1) is 18.4. The molecule has 1 fully saturated rings. The van der Waals surface area contributed by atoms with Gasteiger partial charge in [-0.1, -0.05) is 20.3 Å². The van der Waals surface area contributed by atoms with E-state index in [4.69, 9.17) is 5.73 Å². The number of rotatable bonds is 9. The Kier molecular flexibility index (Phi) is 8.27. The summed E-state index contributed by atoms with van der Waals surface area (Å²) in [5.41, 5.74) is 6.31. The molecule has 1 aliphatic rings. The summed E-state index contributed by atoms with van der Waals surface area (Å²) in [4.78, 5) is 14.3. The molecule has 1 rings (SSSR count). The van der Waals surface area contributed by atoms with Crippen molar-refractivity contribution in [1.82, 2.24) is 10.2 Å². The van der Waals surface area contributed by atoms with Crippen LogP contribution in [0.25, 0.3) is 0 Å². The summed E-state index contributed by atoms with van der Waals surface area (Å²) in [7, 11) is 0. The van der Waals surface area contributed by atoms with Gasteiger partial charge in [-0.05, 0) is 51.5 Å². The highest BCUT2D eigenvalue weighted by molar-refractivity contribution is 5.75. The molecule has 1 amide bonds. The summed E-state index contributed by atoms with van der Waals surface area (Å²) in [5, 5.41) is 2.90. The lowest BCUT2D eigenvalue weighted by Crippen LogP contribution is -2.56. The number of hydrogen-bond acceptors (Lipinski definition) is 3. The second-order valence-corrected chi connectivity index (χ2v) is 6.47. The minimum Gasteiger partial charge on any atom is -0.356 e. The van der Waals surface area contributed by atoms with Crippen molar-refractivity contribution in [3.8, 4) is 0 Å². The van der Waals surface area contributed by atoms with Crippen LogP contribution in [0.1, 0.15) is 65.7 Å². The summed E-state index contributed by atoms with van der Waals surface area (Å²) in [6.07, 6.45) is 7.95. The fourth-order valence-electron chi connectivity index (χ4n) is 3.65. The molecule has 0 aromatic heterocycles. The molecule has 3 N–H and O–H groups in total. The Hall–Kier alpha value is -0.610. The largest absolute Gasteiger partial charge is 0.356 e. The van der Waals surface area contributed by atoms with Crippen molar-refractivity contribution in [2.75, 3.05) is 26.2 Å². The third-order valence-corrected chi connectivity index (χ3v) is 5.14. The first-order chi connectivity index (χ1) is 10.1. The van der Waals surface area contributed by atoms with Crippen LogP contribution in [0.3, 0.4) is 0 Å². The number of hydrogen-bond donors (Lipinski definition) is 2. The molecule has 0 unspecified atom stereocenters. The van der Waals surface area contributed by atoms with E-state index >= 15 is 0 Å². The summed E-state index contributed by atoms with van der Waals surface area (Å²) in [5.74, 6) is 1.03. The Morgan fingerprint density at radius 2 is 1.90 bits per heavy atom. The minimum absolute atomic E-state index is 0.133. The summed E-state index contributed by atoms with van der Waals surface area (Å²) in [6.45, 7) is 9.79. The molecule has 0 aromatic rings. The number of nitrogens with one attached hydrogen (secondary N) is 1. The molecule has 0 aliphatic heterocycles. The second-order valence-electron chi connectivity index (χ2n) is 6.47. The molecule has 1 saturated carbocycles. The molecule has 124 valence electrons. The van der Waals surface area contributed by atoms with Gasteiger partial charge in [0, 0.05) is 31.6 Å².